The lowest BCUT2D eigenvalue weighted by Gasteiger charge is -2.67. The van der Waals surface area contributed by atoms with E-state index in [4.69, 9.17) is 56.2 Å². The van der Waals surface area contributed by atoms with Crippen LogP contribution in [0.15, 0.2) is 64.3 Å². The first-order valence-electron chi connectivity index (χ1n) is 21.5. The van der Waals surface area contributed by atoms with E-state index in [1.165, 1.54) is 37.4 Å². The number of hydrogen-bond donors (Lipinski definition) is 1. The third kappa shape index (κ3) is 8.57. The Morgan fingerprint density at radius 1 is 0.739 bits per heavy atom. The van der Waals surface area contributed by atoms with E-state index >= 15 is 4.79 Å². The molecule has 1 N–H and O–H groups in total. The molecule has 3 aromatic heterocycles. The average Bonchev–Trinajstić information content (AvgIpc) is 4.05. The largest absolute Gasteiger partial charge is 0.472 e. The molecule has 3 aromatic rings. The number of aromatic nitrogens is 1. The molecule has 12 atom stereocenters. The van der Waals surface area contributed by atoms with Crippen molar-refractivity contribution < 1.29 is 104 Å². The third-order valence-corrected chi connectivity index (χ3v) is 13.0. The van der Waals surface area contributed by atoms with Crippen LogP contribution >= 0.6 is 0 Å². The van der Waals surface area contributed by atoms with Crippen LogP contribution in [-0.2, 0) is 82.6 Å². The standard InChI is InChI=1S/C46H49NO22/c1-22(48)60-21-45-36(64-25(4)51)32(62-23(2)49)31-34(63-24(3)50)46(45)44(8,57)35(33(37(45)65-26(5)52)66-38(53)27-12-16-58-18-27)67-41(56)42(6,68-39(54)28-13-17-59-19-28)14-11-30-29(10-9-15-47-30)40(55)61-20-43(31,7)69-46/h9-10,12-13,15-19,31-37,57H,11,14,20-21H2,1-8H3/t31-,32-,33?,34-,35+,36-,37+,42-,43+,44+,45-,46+/m1/s1. The molecule has 2 aliphatic carbocycles. The van der Waals surface area contributed by atoms with Gasteiger partial charge in [0.15, 0.2) is 30.0 Å². The zero-order valence-electron chi connectivity index (χ0n) is 38.5. The molecule has 2 aliphatic heterocycles. The topological polar surface area (TPSA) is 305 Å². The minimum absolute atomic E-state index is 0.0315. The molecule has 0 radical (unpaired) electrons. The predicted octanol–water partition coefficient (Wildman–Crippen LogP) is 2.32. The zero-order chi connectivity index (χ0) is 50.4. The van der Waals surface area contributed by atoms with Crippen molar-refractivity contribution in [3.8, 4) is 0 Å². The van der Waals surface area contributed by atoms with E-state index in [9.17, 15) is 43.5 Å². The van der Waals surface area contributed by atoms with Gasteiger partial charge in [0.2, 0.25) is 5.60 Å². The molecule has 5 heterocycles. The number of rotatable bonds is 10. The van der Waals surface area contributed by atoms with Gasteiger partial charge in [0.05, 0.1) is 40.8 Å². The molecule has 1 spiro atoms. The summed E-state index contributed by atoms with van der Waals surface area (Å²) in [4.78, 5) is 129. The van der Waals surface area contributed by atoms with E-state index in [2.05, 4.69) is 4.98 Å². The van der Waals surface area contributed by atoms with Crippen molar-refractivity contribution in [3.05, 3.63) is 77.9 Å². The van der Waals surface area contributed by atoms with E-state index < -0.39 is 144 Å². The molecule has 7 rings (SSSR count). The highest BCUT2D eigenvalue weighted by molar-refractivity contribution is 5.93. The van der Waals surface area contributed by atoms with E-state index in [1.807, 2.05) is 0 Å². The van der Waals surface area contributed by atoms with Crippen LogP contribution in [0, 0.1) is 11.3 Å². The summed E-state index contributed by atoms with van der Waals surface area (Å²) < 4.78 is 71.4. The van der Waals surface area contributed by atoms with Crippen LogP contribution < -0.4 is 0 Å². The minimum atomic E-state index is -3.08. The molecular formula is C46H49NO22. The first-order valence-corrected chi connectivity index (χ1v) is 21.5. The normalized spacial score (nSPS) is 33.7. The fourth-order valence-electron chi connectivity index (χ4n) is 10.3. The minimum Gasteiger partial charge on any atom is -0.472 e. The second-order valence-corrected chi connectivity index (χ2v) is 17.7. The van der Waals surface area contributed by atoms with E-state index in [1.54, 1.807) is 0 Å². The van der Waals surface area contributed by atoms with Crippen LogP contribution in [0.1, 0.15) is 98.6 Å². The maximum atomic E-state index is 15.3. The highest BCUT2D eigenvalue weighted by atomic mass is 16.7. The Bertz CT molecular complexity index is 2530. The molecule has 23 nitrogen and oxygen atoms in total. The molecule has 1 unspecified atom stereocenters. The van der Waals surface area contributed by atoms with Crippen LogP contribution in [-0.4, -0.2) is 136 Å². The monoisotopic (exact) mass is 967 g/mol. The van der Waals surface area contributed by atoms with Crippen molar-refractivity contribution in [2.45, 2.75) is 127 Å². The van der Waals surface area contributed by atoms with Crippen molar-refractivity contribution in [1.29, 1.82) is 0 Å². The fraction of sp³-hybridized carbons (Fsp3) is 0.522. The van der Waals surface area contributed by atoms with Crippen molar-refractivity contribution in [2.75, 3.05) is 13.2 Å². The van der Waals surface area contributed by atoms with Crippen LogP contribution in [0.5, 0.6) is 0 Å². The first kappa shape index (κ1) is 49.8. The number of esters is 9. The summed E-state index contributed by atoms with van der Waals surface area (Å²) in [6.45, 7) is 6.17. The summed E-state index contributed by atoms with van der Waals surface area (Å²) in [6.07, 6.45) is -8.39. The molecule has 4 bridgehead atoms. The Hall–Kier alpha value is -7.14. The van der Waals surface area contributed by atoms with E-state index in [0.717, 1.165) is 73.5 Å². The molecule has 1 saturated heterocycles. The Kier molecular flexibility index (Phi) is 13.3. The Balaban J connectivity index is 1.61. The fourth-order valence-corrected chi connectivity index (χ4v) is 10.3. The van der Waals surface area contributed by atoms with Gasteiger partial charge >= 0.3 is 53.7 Å². The Morgan fingerprint density at radius 2 is 1.32 bits per heavy atom. The molecule has 0 aromatic carbocycles. The SMILES string of the molecule is CC(=O)OC[C@]12[C@H](OC(C)=O)[C@H](OC(C)=O)[C@@H]3[C@@H](OC(C)=O)[C@@]14O[C@@]3(C)COC(=O)c1cccnc1CC[C@@](C)(OC(=O)c1ccoc1)C(=O)O[C@@H](C(OC(=O)c1ccoc1)[C@@H]2OC(C)=O)[C@]4(C)O. The number of aliphatic hydroxyl groups is 1. The van der Waals surface area contributed by atoms with Crippen LogP contribution in [0.2, 0.25) is 0 Å². The van der Waals surface area contributed by atoms with Gasteiger partial charge in [0, 0.05) is 47.2 Å². The van der Waals surface area contributed by atoms with Crippen molar-refractivity contribution in [3.63, 3.8) is 0 Å². The number of ether oxygens (including phenoxy) is 10. The van der Waals surface area contributed by atoms with E-state index in [-0.39, 0.29) is 28.8 Å². The highest BCUT2D eigenvalue weighted by Crippen LogP contribution is 2.70. The second kappa shape index (κ2) is 18.4. The molecule has 370 valence electrons. The predicted molar refractivity (Wildman–Crippen MR) is 221 cm³/mol. The number of fused-ring (bicyclic) bond motifs is 5. The lowest BCUT2D eigenvalue weighted by molar-refractivity contribution is -0.386. The van der Waals surface area contributed by atoms with Gasteiger partial charge in [-0.3, -0.25) is 29.0 Å². The summed E-state index contributed by atoms with van der Waals surface area (Å²) in [5.41, 5.74) is -14.0. The summed E-state index contributed by atoms with van der Waals surface area (Å²) >= 11 is 0. The maximum absolute atomic E-state index is 15.3. The number of carbonyl (C=O) groups excluding carboxylic acids is 9. The second-order valence-electron chi connectivity index (χ2n) is 17.7. The third-order valence-electron chi connectivity index (χ3n) is 13.0. The van der Waals surface area contributed by atoms with Gasteiger partial charge in [-0.2, -0.15) is 0 Å². The molecule has 69 heavy (non-hydrogen) atoms. The van der Waals surface area contributed by atoms with Gasteiger partial charge in [-0.1, -0.05) is 0 Å². The maximum Gasteiger partial charge on any atom is 0.350 e. The van der Waals surface area contributed by atoms with E-state index in [0.29, 0.717) is 0 Å². The molecule has 23 heteroatoms. The number of nitrogens with zero attached hydrogens (tertiary/aromatic N) is 1. The average molecular weight is 968 g/mol. The molecule has 2 saturated carbocycles. The number of hydrogen-bond acceptors (Lipinski definition) is 23. The summed E-state index contributed by atoms with van der Waals surface area (Å²) in [6, 6.07) is 5.19. The number of aryl methyl sites for hydroxylation is 1. The van der Waals surface area contributed by atoms with Gasteiger partial charge in [-0.15, -0.1) is 0 Å². The molecular weight excluding hydrogens is 918 g/mol. The van der Waals surface area contributed by atoms with Gasteiger partial charge in [0.1, 0.15) is 54.6 Å². The highest BCUT2D eigenvalue weighted by Gasteiger charge is 2.92. The van der Waals surface area contributed by atoms with Crippen LogP contribution in [0.25, 0.3) is 0 Å². The van der Waals surface area contributed by atoms with Gasteiger partial charge in [-0.05, 0) is 51.5 Å². The van der Waals surface area contributed by atoms with Crippen molar-refractivity contribution in [1.82, 2.24) is 4.98 Å². The lowest BCUT2D eigenvalue weighted by atomic mass is 9.45. The molecule has 3 fully saturated rings. The molecule has 0 amide bonds. The van der Waals surface area contributed by atoms with Crippen molar-refractivity contribution in [2.24, 2.45) is 11.3 Å². The summed E-state index contributed by atoms with van der Waals surface area (Å²) in [7, 11) is 0. The van der Waals surface area contributed by atoms with Crippen LogP contribution in [0.4, 0.5) is 0 Å². The van der Waals surface area contributed by atoms with Crippen LogP contribution in [0.3, 0.4) is 0 Å². The number of cyclic esters (lactones) is 1. The summed E-state index contributed by atoms with van der Waals surface area (Å²) in [5.74, 6) is -12.0. The molecule has 4 aliphatic rings. The van der Waals surface area contributed by atoms with Gasteiger partial charge in [-0.25, -0.2) is 19.2 Å². The lowest BCUT2D eigenvalue weighted by Crippen LogP contribution is -2.89. The number of furan rings is 2. The quantitative estimate of drug-likeness (QED) is 0.225. The van der Waals surface area contributed by atoms with Crippen molar-refractivity contribution >= 4 is 53.7 Å². The Morgan fingerprint density at radius 3 is 1.88 bits per heavy atom. The Labute approximate surface area is 392 Å². The zero-order valence-corrected chi connectivity index (χ0v) is 38.5. The number of carbonyl (C=O) groups is 9. The smallest absolute Gasteiger partial charge is 0.350 e. The van der Waals surface area contributed by atoms with Gasteiger partial charge in [0.25, 0.3) is 0 Å². The first-order chi connectivity index (χ1) is 32.4. The summed E-state index contributed by atoms with van der Waals surface area (Å²) in [5, 5.41) is 13.9. The number of pyridine rings is 1. The van der Waals surface area contributed by atoms with Gasteiger partial charge < -0.3 is 61.3 Å².